The number of fused-ring (bicyclic) bond motifs is 7. The lowest BCUT2D eigenvalue weighted by Crippen LogP contribution is -2.70. The van der Waals surface area contributed by atoms with Crippen molar-refractivity contribution in [2.75, 3.05) is 6.54 Å². The molecule has 0 aromatic heterocycles. The molecule has 8 heteroatoms. The van der Waals surface area contributed by atoms with Gasteiger partial charge in [-0.05, 0) is 134 Å². The molecule has 1 aromatic rings. The number of amides is 1. The summed E-state index contributed by atoms with van der Waals surface area (Å²) in [5.41, 5.74) is 1.96. The summed E-state index contributed by atoms with van der Waals surface area (Å²) in [6, 6.07) is 7.73. The number of carboxylic acid groups (broad SMARTS) is 1. The van der Waals surface area contributed by atoms with Gasteiger partial charge in [0.15, 0.2) is 5.78 Å². The van der Waals surface area contributed by atoms with Crippen LogP contribution in [0.25, 0.3) is 0 Å². The Morgan fingerprint density at radius 2 is 1.53 bits per heavy atom. The molecule has 1 amide bonds. The van der Waals surface area contributed by atoms with Crippen LogP contribution in [0, 0.1) is 55.7 Å². The summed E-state index contributed by atoms with van der Waals surface area (Å²) < 4.78 is 6.21. The SMILES string of the molecule is CC(=O)N(CC[C@@]12CC[C@]3(C)C(CC[C@]4(C)C5(C)CC[C@H](OC(=O)CC(C)(C)C(=O)O)C(C)(C)[C@@H]5CCC43C)C1=C(C(C)C)C(=O)C2)Cc1ccc(Cl)cc1. The zero-order chi connectivity index (χ0) is 40.7. The number of carboxylic acids is 1. The van der Waals surface area contributed by atoms with Crippen molar-refractivity contribution < 1.29 is 29.0 Å². The van der Waals surface area contributed by atoms with E-state index < -0.39 is 17.4 Å². The van der Waals surface area contributed by atoms with Crippen molar-refractivity contribution in [2.45, 2.75) is 159 Å². The highest BCUT2D eigenvalue weighted by molar-refractivity contribution is 6.30. The smallest absolute Gasteiger partial charge is 0.309 e. The molecule has 0 spiro atoms. The van der Waals surface area contributed by atoms with E-state index in [0.29, 0.717) is 42.2 Å². The predicted molar refractivity (Wildman–Crippen MR) is 217 cm³/mol. The number of carbonyl (C=O) groups is 4. The number of hydrogen-bond acceptors (Lipinski definition) is 5. The van der Waals surface area contributed by atoms with Crippen LogP contribution in [0.5, 0.6) is 0 Å². The third kappa shape index (κ3) is 6.43. The molecular weight excluding hydrogens is 710 g/mol. The predicted octanol–water partition coefficient (Wildman–Crippen LogP) is 10.9. The quantitative estimate of drug-likeness (QED) is 0.237. The molecule has 6 rings (SSSR count). The fraction of sp³-hybridized carbons (Fsp3) is 0.745. The van der Waals surface area contributed by atoms with Gasteiger partial charge in [-0.2, -0.15) is 0 Å². The summed E-state index contributed by atoms with van der Waals surface area (Å²) in [6.45, 7) is 25.2. The Bertz CT molecular complexity index is 1760. The topological polar surface area (TPSA) is 101 Å². The van der Waals surface area contributed by atoms with Crippen LogP contribution in [0.3, 0.4) is 0 Å². The first-order valence-corrected chi connectivity index (χ1v) is 21.5. The average molecular weight is 779 g/mol. The fourth-order valence-electron chi connectivity index (χ4n) is 13.8. The Kier molecular flexibility index (Phi) is 10.7. The molecule has 0 heterocycles. The molecular formula is C47H68ClNO6. The van der Waals surface area contributed by atoms with Gasteiger partial charge in [0.2, 0.25) is 5.91 Å². The largest absolute Gasteiger partial charge is 0.481 e. The summed E-state index contributed by atoms with van der Waals surface area (Å²) in [4.78, 5) is 54.2. The van der Waals surface area contributed by atoms with Gasteiger partial charge in [-0.25, -0.2) is 0 Å². The number of benzene rings is 1. The molecule has 8 atom stereocenters. The number of ether oxygens (including phenoxy) is 1. The van der Waals surface area contributed by atoms with Crippen LogP contribution in [-0.2, 0) is 30.5 Å². The maximum atomic E-state index is 14.2. The number of carbonyl (C=O) groups excluding carboxylic acids is 3. The standard InChI is InChI=1S/C47H68ClNO6/c1-29(2)38-34(51)26-47(24-25-49(30(3)50)28-31-12-14-32(48)15-13-31)23-22-43(8)33(39(38)47)16-20-46(11)44(9)19-18-36(55-37(52)27-41(4,5)40(53)54)42(6,7)35(44)17-21-45(43,46)10/h12-15,29,33,35-36H,16-28H2,1-11H3,(H,53,54)/t33?,35-,36-,43+,44?,45?,46+,47+/m0/s1. The van der Waals surface area contributed by atoms with Crippen LogP contribution in [-0.4, -0.2) is 46.3 Å². The van der Waals surface area contributed by atoms with E-state index in [1.54, 1.807) is 20.8 Å². The Balaban J connectivity index is 1.29. The molecule has 7 nitrogen and oxygen atoms in total. The normalized spacial score (nSPS) is 36.7. The minimum absolute atomic E-state index is 0.00296. The number of ketones is 1. The number of rotatable bonds is 10. The number of allylic oxidation sites excluding steroid dienone is 2. The van der Waals surface area contributed by atoms with Gasteiger partial charge in [-0.15, -0.1) is 0 Å². The molecule has 1 aromatic carbocycles. The molecule has 0 saturated heterocycles. The summed E-state index contributed by atoms with van der Waals surface area (Å²) in [5, 5.41) is 10.3. The van der Waals surface area contributed by atoms with Gasteiger partial charge in [0, 0.05) is 42.3 Å². The van der Waals surface area contributed by atoms with Crippen molar-refractivity contribution in [2.24, 2.45) is 55.7 Å². The van der Waals surface area contributed by atoms with Crippen LogP contribution >= 0.6 is 11.6 Å². The maximum Gasteiger partial charge on any atom is 0.309 e. The van der Waals surface area contributed by atoms with Gasteiger partial charge >= 0.3 is 11.9 Å². The van der Waals surface area contributed by atoms with Gasteiger partial charge in [-0.1, -0.05) is 84.7 Å². The van der Waals surface area contributed by atoms with Gasteiger partial charge in [0.25, 0.3) is 0 Å². The van der Waals surface area contributed by atoms with Gasteiger partial charge in [0.05, 0.1) is 11.8 Å². The zero-order valence-corrected chi connectivity index (χ0v) is 36.4. The van der Waals surface area contributed by atoms with Crippen LogP contribution in [0.2, 0.25) is 5.02 Å². The molecule has 0 aliphatic heterocycles. The van der Waals surface area contributed by atoms with Crippen molar-refractivity contribution in [3.63, 3.8) is 0 Å². The highest BCUT2D eigenvalue weighted by Gasteiger charge is 2.74. The highest BCUT2D eigenvalue weighted by Crippen LogP contribution is 2.81. The number of hydrogen-bond donors (Lipinski definition) is 1. The van der Waals surface area contributed by atoms with Crippen molar-refractivity contribution in [3.8, 4) is 0 Å². The third-order valence-corrected chi connectivity index (χ3v) is 17.8. The van der Waals surface area contributed by atoms with Crippen molar-refractivity contribution in [1.29, 1.82) is 0 Å². The molecule has 5 aliphatic carbocycles. The molecule has 3 unspecified atom stereocenters. The third-order valence-electron chi connectivity index (χ3n) is 17.5. The first-order chi connectivity index (χ1) is 25.4. The first-order valence-electron chi connectivity index (χ1n) is 21.1. The number of Topliss-reactive ketones (excluding diaryl/α,β-unsaturated/α-hetero) is 1. The summed E-state index contributed by atoms with van der Waals surface area (Å²) >= 11 is 6.17. The van der Waals surface area contributed by atoms with E-state index in [2.05, 4.69) is 55.4 Å². The van der Waals surface area contributed by atoms with E-state index in [1.807, 2.05) is 29.2 Å². The fourth-order valence-corrected chi connectivity index (χ4v) is 13.9. The first kappa shape index (κ1) is 41.9. The van der Waals surface area contributed by atoms with E-state index in [1.165, 1.54) is 5.57 Å². The van der Waals surface area contributed by atoms with Gasteiger partial charge < -0.3 is 14.7 Å². The Morgan fingerprint density at radius 3 is 2.13 bits per heavy atom. The van der Waals surface area contributed by atoms with Crippen molar-refractivity contribution in [3.05, 3.63) is 46.0 Å². The lowest BCUT2D eigenvalue weighted by molar-refractivity contribution is -0.278. The average Bonchev–Trinajstić information content (AvgIpc) is 3.38. The van der Waals surface area contributed by atoms with Crippen molar-refractivity contribution in [1.82, 2.24) is 4.90 Å². The van der Waals surface area contributed by atoms with Crippen LogP contribution in [0.15, 0.2) is 35.4 Å². The van der Waals surface area contributed by atoms with E-state index in [-0.39, 0.29) is 56.8 Å². The Labute approximate surface area is 335 Å². The summed E-state index contributed by atoms with van der Waals surface area (Å²) in [6.07, 6.45) is 8.99. The number of halogens is 1. The summed E-state index contributed by atoms with van der Waals surface area (Å²) in [5.74, 6) is -0.237. The number of nitrogens with zero attached hydrogens (tertiary/aromatic N) is 1. The van der Waals surface area contributed by atoms with Crippen molar-refractivity contribution >= 4 is 35.2 Å². The molecule has 4 fully saturated rings. The second-order valence-electron chi connectivity index (χ2n) is 21.1. The summed E-state index contributed by atoms with van der Waals surface area (Å²) in [7, 11) is 0. The lowest BCUT2D eigenvalue weighted by Gasteiger charge is -2.76. The molecule has 4 saturated carbocycles. The number of esters is 1. The second-order valence-corrected chi connectivity index (χ2v) is 21.5. The molecule has 55 heavy (non-hydrogen) atoms. The van der Waals surface area contributed by atoms with E-state index in [9.17, 15) is 24.3 Å². The molecule has 1 N–H and O–H groups in total. The monoisotopic (exact) mass is 777 g/mol. The van der Waals surface area contributed by atoms with E-state index >= 15 is 0 Å². The second kappa shape index (κ2) is 14.0. The number of aliphatic carboxylic acids is 1. The Morgan fingerprint density at radius 1 is 0.909 bits per heavy atom. The molecule has 5 aliphatic rings. The van der Waals surface area contributed by atoms with Gasteiger partial charge in [-0.3, -0.25) is 19.2 Å². The van der Waals surface area contributed by atoms with Gasteiger partial charge in [0.1, 0.15) is 6.10 Å². The maximum absolute atomic E-state index is 14.2. The minimum atomic E-state index is -1.17. The van der Waals surface area contributed by atoms with Crippen LogP contribution in [0.1, 0.15) is 152 Å². The molecule has 304 valence electrons. The van der Waals surface area contributed by atoms with Crippen LogP contribution in [0.4, 0.5) is 0 Å². The molecule has 0 radical (unpaired) electrons. The Hall–Kier alpha value is -2.67. The highest BCUT2D eigenvalue weighted by atomic mass is 35.5. The van der Waals surface area contributed by atoms with Crippen LogP contribution < -0.4 is 0 Å². The minimum Gasteiger partial charge on any atom is -0.481 e. The zero-order valence-electron chi connectivity index (χ0n) is 35.6. The van der Waals surface area contributed by atoms with E-state index in [4.69, 9.17) is 16.3 Å². The molecule has 0 bridgehead atoms. The van der Waals surface area contributed by atoms with E-state index in [0.717, 1.165) is 68.9 Å². The lowest BCUT2D eigenvalue weighted by atomic mass is 9.28.